The Morgan fingerprint density at radius 1 is 1.58 bits per heavy atom. The molecular formula is C13H17ClN2O2S. The van der Waals surface area contributed by atoms with Crippen LogP contribution in [-0.4, -0.2) is 23.5 Å². The van der Waals surface area contributed by atoms with Gasteiger partial charge in [0.2, 0.25) is 0 Å². The van der Waals surface area contributed by atoms with Gasteiger partial charge in [0.05, 0.1) is 4.99 Å². The van der Waals surface area contributed by atoms with Crippen molar-refractivity contribution in [1.29, 1.82) is 0 Å². The predicted octanol–water partition coefficient (Wildman–Crippen LogP) is 2.29. The molecule has 1 atom stereocenters. The smallest absolute Gasteiger partial charge is 0.258 e. The molecule has 0 radical (unpaired) electrons. The first-order valence-corrected chi connectivity index (χ1v) is 6.76. The van der Waals surface area contributed by atoms with E-state index in [2.05, 4.69) is 5.32 Å². The van der Waals surface area contributed by atoms with Gasteiger partial charge in [-0.2, -0.15) is 0 Å². The average molecular weight is 301 g/mol. The van der Waals surface area contributed by atoms with E-state index in [1.165, 1.54) is 0 Å². The van der Waals surface area contributed by atoms with Gasteiger partial charge in [-0.25, -0.2) is 0 Å². The fraction of sp³-hybridized carbons (Fsp3) is 0.385. The number of amides is 1. The third kappa shape index (κ3) is 6.40. The van der Waals surface area contributed by atoms with Gasteiger partial charge in [-0.15, -0.1) is 0 Å². The highest BCUT2D eigenvalue weighted by Gasteiger charge is 2.11. The maximum Gasteiger partial charge on any atom is 0.258 e. The summed E-state index contributed by atoms with van der Waals surface area (Å²) >= 11 is 10.6. The van der Waals surface area contributed by atoms with Crippen LogP contribution < -0.4 is 15.8 Å². The Balaban J connectivity index is 2.40. The first-order chi connectivity index (χ1) is 9.01. The van der Waals surface area contributed by atoms with E-state index in [1.807, 2.05) is 6.92 Å². The van der Waals surface area contributed by atoms with Crippen LogP contribution in [0.5, 0.6) is 5.75 Å². The number of thiocarbonyl (C=S) groups is 1. The molecule has 1 aromatic carbocycles. The van der Waals surface area contributed by atoms with Gasteiger partial charge in [-0.3, -0.25) is 4.79 Å². The molecule has 1 amide bonds. The second-order valence-electron chi connectivity index (χ2n) is 4.09. The molecule has 1 unspecified atom stereocenters. The maximum atomic E-state index is 11.7. The molecule has 0 fully saturated rings. The maximum absolute atomic E-state index is 11.7. The number of ether oxygens (including phenoxy) is 1. The van der Waals surface area contributed by atoms with E-state index in [0.29, 0.717) is 22.2 Å². The lowest BCUT2D eigenvalue weighted by Crippen LogP contribution is -2.39. The predicted molar refractivity (Wildman–Crippen MR) is 80.6 cm³/mol. The highest BCUT2D eigenvalue weighted by molar-refractivity contribution is 7.80. The molecule has 104 valence electrons. The normalized spacial score (nSPS) is 11.7. The van der Waals surface area contributed by atoms with Crippen molar-refractivity contribution in [2.75, 3.05) is 6.61 Å². The van der Waals surface area contributed by atoms with Crippen molar-refractivity contribution in [2.45, 2.75) is 25.8 Å². The summed E-state index contributed by atoms with van der Waals surface area (Å²) in [6.45, 7) is 1.90. The molecule has 0 spiro atoms. The molecule has 0 aromatic heterocycles. The average Bonchev–Trinajstić information content (AvgIpc) is 2.35. The molecular weight excluding hydrogens is 284 g/mol. The summed E-state index contributed by atoms with van der Waals surface area (Å²) in [4.78, 5) is 12.1. The second-order valence-corrected chi connectivity index (χ2v) is 5.05. The first kappa shape index (κ1) is 15.7. The lowest BCUT2D eigenvalue weighted by atomic mass is 10.1. The van der Waals surface area contributed by atoms with Gasteiger partial charge >= 0.3 is 0 Å². The summed E-state index contributed by atoms with van der Waals surface area (Å²) in [5, 5.41) is 3.39. The van der Waals surface area contributed by atoms with Crippen molar-refractivity contribution in [3.63, 3.8) is 0 Å². The van der Waals surface area contributed by atoms with Crippen molar-refractivity contribution in [1.82, 2.24) is 5.32 Å². The van der Waals surface area contributed by atoms with Gasteiger partial charge in [-0.1, -0.05) is 36.8 Å². The van der Waals surface area contributed by atoms with Crippen LogP contribution in [0.2, 0.25) is 5.02 Å². The molecule has 0 aliphatic carbocycles. The minimum Gasteiger partial charge on any atom is -0.484 e. The number of nitrogens with one attached hydrogen (secondary N) is 1. The van der Waals surface area contributed by atoms with E-state index < -0.39 is 0 Å². The summed E-state index contributed by atoms with van der Waals surface area (Å²) in [5.41, 5.74) is 5.46. The number of carbonyl (C=O) groups excluding carboxylic acids is 1. The highest BCUT2D eigenvalue weighted by atomic mass is 35.5. The van der Waals surface area contributed by atoms with Crippen LogP contribution in [0.15, 0.2) is 24.3 Å². The van der Waals surface area contributed by atoms with E-state index in [-0.39, 0.29) is 18.6 Å². The van der Waals surface area contributed by atoms with Crippen LogP contribution in [0.3, 0.4) is 0 Å². The molecule has 3 N–H and O–H groups in total. The van der Waals surface area contributed by atoms with Gasteiger partial charge in [0, 0.05) is 17.5 Å². The molecule has 19 heavy (non-hydrogen) atoms. The minimum atomic E-state index is -0.205. The number of hydrogen-bond donors (Lipinski definition) is 2. The summed E-state index contributed by atoms with van der Waals surface area (Å²) in [6, 6.07) is 6.85. The monoisotopic (exact) mass is 300 g/mol. The molecule has 0 aliphatic heterocycles. The lowest BCUT2D eigenvalue weighted by molar-refractivity contribution is -0.123. The molecule has 1 rings (SSSR count). The largest absolute Gasteiger partial charge is 0.484 e. The zero-order valence-electron chi connectivity index (χ0n) is 10.7. The number of benzene rings is 1. The lowest BCUT2D eigenvalue weighted by Gasteiger charge is -2.16. The van der Waals surface area contributed by atoms with Crippen LogP contribution in [0, 0.1) is 0 Å². The van der Waals surface area contributed by atoms with Gasteiger partial charge < -0.3 is 15.8 Å². The molecule has 4 nitrogen and oxygen atoms in total. The summed E-state index contributed by atoms with van der Waals surface area (Å²) in [5.74, 6) is 0.355. The molecule has 0 bridgehead atoms. The fourth-order valence-electron chi connectivity index (χ4n) is 1.52. The number of hydrogen-bond acceptors (Lipinski definition) is 3. The van der Waals surface area contributed by atoms with E-state index >= 15 is 0 Å². The van der Waals surface area contributed by atoms with Gasteiger partial charge in [-0.05, 0) is 24.6 Å². The first-order valence-electron chi connectivity index (χ1n) is 5.97. The number of nitrogens with two attached hydrogens (primary N) is 1. The Kier molecular flexibility index (Phi) is 6.59. The zero-order chi connectivity index (χ0) is 14.3. The quantitative estimate of drug-likeness (QED) is 0.758. The van der Waals surface area contributed by atoms with Crippen molar-refractivity contribution >= 4 is 34.7 Å². The number of carbonyl (C=O) groups is 1. The van der Waals surface area contributed by atoms with Crippen LogP contribution in [0.4, 0.5) is 0 Å². The summed E-state index contributed by atoms with van der Waals surface area (Å²) < 4.78 is 5.34. The van der Waals surface area contributed by atoms with E-state index in [1.54, 1.807) is 24.3 Å². The van der Waals surface area contributed by atoms with E-state index in [9.17, 15) is 4.79 Å². The second kappa shape index (κ2) is 7.96. The molecule has 6 heteroatoms. The van der Waals surface area contributed by atoms with Crippen molar-refractivity contribution in [3.8, 4) is 5.75 Å². The zero-order valence-corrected chi connectivity index (χ0v) is 12.3. The highest BCUT2D eigenvalue weighted by Crippen LogP contribution is 2.16. The molecule has 1 aromatic rings. The van der Waals surface area contributed by atoms with Gasteiger partial charge in [0.15, 0.2) is 6.61 Å². The molecule has 0 saturated carbocycles. The molecule has 0 aliphatic rings. The third-order valence-electron chi connectivity index (χ3n) is 2.47. The summed E-state index contributed by atoms with van der Waals surface area (Å²) in [7, 11) is 0. The Morgan fingerprint density at radius 2 is 2.32 bits per heavy atom. The molecule has 0 heterocycles. The minimum absolute atomic E-state index is 0.0482. The van der Waals surface area contributed by atoms with Crippen LogP contribution in [0.1, 0.15) is 19.8 Å². The van der Waals surface area contributed by atoms with Gasteiger partial charge in [0.1, 0.15) is 5.75 Å². The van der Waals surface area contributed by atoms with Crippen LogP contribution in [0.25, 0.3) is 0 Å². The van der Waals surface area contributed by atoms with Crippen molar-refractivity contribution in [3.05, 3.63) is 29.3 Å². The third-order valence-corrected chi connectivity index (χ3v) is 2.87. The Morgan fingerprint density at radius 3 is 2.89 bits per heavy atom. The van der Waals surface area contributed by atoms with E-state index in [0.717, 1.165) is 6.42 Å². The van der Waals surface area contributed by atoms with Crippen molar-refractivity contribution < 1.29 is 9.53 Å². The Labute approximate surface area is 123 Å². The van der Waals surface area contributed by atoms with Crippen molar-refractivity contribution in [2.24, 2.45) is 5.73 Å². The number of rotatable bonds is 7. The van der Waals surface area contributed by atoms with E-state index in [4.69, 9.17) is 34.3 Å². The van der Waals surface area contributed by atoms with Gasteiger partial charge in [0.25, 0.3) is 5.91 Å². The standard InChI is InChI=1S/C13H17ClN2O2S/c1-2-10(7-12(15)19)16-13(17)8-18-11-5-3-4-9(14)6-11/h3-6,10H,2,7-8H2,1H3,(H2,15,19)(H,16,17). The SMILES string of the molecule is CCC(CC(N)=S)NC(=O)COc1cccc(Cl)c1. The van der Waals surface area contributed by atoms with Crippen LogP contribution in [-0.2, 0) is 4.79 Å². The summed E-state index contributed by atoms with van der Waals surface area (Å²) in [6.07, 6.45) is 1.26. The van der Waals surface area contributed by atoms with Crippen LogP contribution >= 0.6 is 23.8 Å². The topological polar surface area (TPSA) is 64.3 Å². The fourth-order valence-corrected chi connectivity index (χ4v) is 1.90. The number of halogens is 1. The Hall–Kier alpha value is -1.33. The molecule has 0 saturated heterocycles. The Bertz CT molecular complexity index is 454.